The first-order valence-corrected chi connectivity index (χ1v) is 6.33. The molecule has 18 heavy (non-hydrogen) atoms. The van der Waals surface area contributed by atoms with Crippen LogP contribution in [0.1, 0.15) is 16.4 Å². The quantitative estimate of drug-likeness (QED) is 0.798. The van der Waals surface area contributed by atoms with E-state index in [1.165, 1.54) is 7.11 Å². The summed E-state index contributed by atoms with van der Waals surface area (Å²) in [6.45, 7) is 1.33. The number of carbonyl (C=O) groups excluding carboxylic acids is 1. The number of aromatic nitrogens is 2. The summed E-state index contributed by atoms with van der Waals surface area (Å²) >= 11 is 3.47. The van der Waals surface area contributed by atoms with E-state index >= 15 is 0 Å². The van der Waals surface area contributed by atoms with Crippen molar-refractivity contribution >= 4 is 32.8 Å². The summed E-state index contributed by atoms with van der Waals surface area (Å²) in [5.41, 5.74) is 1.14. The van der Waals surface area contributed by atoms with Gasteiger partial charge in [0.2, 0.25) is 0 Å². The molecule has 1 fully saturated rings. The Kier molecular flexibility index (Phi) is 2.83. The molecular formula is C12H11BrN2O3. The minimum Gasteiger partial charge on any atom is -0.465 e. The van der Waals surface area contributed by atoms with Gasteiger partial charge in [-0.1, -0.05) is 15.9 Å². The molecular weight excluding hydrogens is 300 g/mol. The Morgan fingerprint density at radius 1 is 1.56 bits per heavy atom. The van der Waals surface area contributed by atoms with Gasteiger partial charge in [0.25, 0.3) is 0 Å². The van der Waals surface area contributed by atoms with Crippen LogP contribution in [-0.2, 0) is 9.47 Å². The Bertz CT molecular complexity index is 619. The van der Waals surface area contributed by atoms with Crippen LogP contribution >= 0.6 is 15.9 Å². The summed E-state index contributed by atoms with van der Waals surface area (Å²) in [6, 6.07) is 3.81. The van der Waals surface area contributed by atoms with Crippen molar-refractivity contribution in [2.75, 3.05) is 20.3 Å². The molecule has 0 spiro atoms. The van der Waals surface area contributed by atoms with Crippen molar-refractivity contribution in [1.29, 1.82) is 0 Å². The number of halogens is 1. The molecule has 0 radical (unpaired) electrons. The fourth-order valence-corrected chi connectivity index (χ4v) is 2.35. The maximum atomic E-state index is 11.7. The first kappa shape index (κ1) is 11.7. The van der Waals surface area contributed by atoms with Gasteiger partial charge < -0.3 is 9.47 Å². The maximum Gasteiger partial charge on any atom is 0.340 e. The lowest BCUT2D eigenvalue weighted by atomic mass is 10.1. The topological polar surface area (TPSA) is 53.4 Å². The van der Waals surface area contributed by atoms with Gasteiger partial charge >= 0.3 is 5.97 Å². The molecule has 5 nitrogen and oxygen atoms in total. The van der Waals surface area contributed by atoms with E-state index in [-0.39, 0.29) is 12.0 Å². The predicted octanol–water partition coefficient (Wildman–Crippen LogP) is 2.16. The molecule has 0 N–H and O–H groups in total. The van der Waals surface area contributed by atoms with Crippen LogP contribution in [0.15, 0.2) is 22.8 Å². The molecule has 1 aromatic carbocycles. The maximum absolute atomic E-state index is 11.7. The summed E-state index contributed by atoms with van der Waals surface area (Å²) in [4.78, 5) is 11.7. The van der Waals surface area contributed by atoms with Gasteiger partial charge in [0, 0.05) is 16.1 Å². The van der Waals surface area contributed by atoms with Gasteiger partial charge in [-0.3, -0.25) is 4.68 Å². The Hall–Kier alpha value is -1.40. The third-order valence-electron chi connectivity index (χ3n) is 3.04. The highest BCUT2D eigenvalue weighted by atomic mass is 79.9. The Labute approximate surface area is 112 Å². The molecule has 1 saturated heterocycles. The minimum absolute atomic E-state index is 0.259. The lowest BCUT2D eigenvalue weighted by Gasteiger charge is -2.25. The second-order valence-electron chi connectivity index (χ2n) is 4.15. The Morgan fingerprint density at radius 3 is 2.94 bits per heavy atom. The van der Waals surface area contributed by atoms with E-state index < -0.39 is 0 Å². The monoisotopic (exact) mass is 310 g/mol. The Balaban J connectivity index is 2.17. The number of rotatable bonds is 2. The molecule has 1 aromatic heterocycles. The largest absolute Gasteiger partial charge is 0.465 e. The standard InChI is InChI=1S/C12H11BrN2O3/c1-17-12(16)8-2-3-10(13)9-4-15(14-11(8)9)7-5-18-6-7/h2-4,7H,5-6H2,1H3. The fraction of sp³-hybridized carbons (Fsp3) is 0.333. The van der Waals surface area contributed by atoms with Gasteiger partial charge in [-0.05, 0) is 12.1 Å². The normalized spacial score (nSPS) is 15.7. The first-order valence-electron chi connectivity index (χ1n) is 5.54. The zero-order valence-corrected chi connectivity index (χ0v) is 11.3. The van der Waals surface area contributed by atoms with Crippen LogP contribution in [0.3, 0.4) is 0 Å². The SMILES string of the molecule is COC(=O)c1ccc(Br)c2cn(C3COC3)nc12. The fourth-order valence-electron chi connectivity index (χ4n) is 1.93. The van der Waals surface area contributed by atoms with Crippen molar-refractivity contribution in [2.45, 2.75) is 6.04 Å². The molecule has 0 saturated carbocycles. The van der Waals surface area contributed by atoms with Crippen molar-refractivity contribution in [1.82, 2.24) is 9.78 Å². The van der Waals surface area contributed by atoms with E-state index in [2.05, 4.69) is 21.0 Å². The number of benzene rings is 1. The van der Waals surface area contributed by atoms with Gasteiger partial charge in [0.15, 0.2) is 0 Å². The van der Waals surface area contributed by atoms with Crippen LogP contribution in [0.25, 0.3) is 10.9 Å². The molecule has 0 unspecified atom stereocenters. The van der Waals surface area contributed by atoms with Crippen LogP contribution in [0, 0.1) is 0 Å². The van der Waals surface area contributed by atoms with Crippen molar-refractivity contribution in [3.8, 4) is 0 Å². The summed E-state index contributed by atoms with van der Waals surface area (Å²) < 4.78 is 12.7. The van der Waals surface area contributed by atoms with Crippen LogP contribution in [-0.4, -0.2) is 36.1 Å². The highest BCUT2D eigenvalue weighted by molar-refractivity contribution is 9.10. The summed E-state index contributed by atoms with van der Waals surface area (Å²) in [7, 11) is 1.37. The molecule has 0 amide bonds. The number of nitrogens with zero attached hydrogens (tertiary/aromatic N) is 2. The zero-order valence-electron chi connectivity index (χ0n) is 9.72. The average Bonchev–Trinajstić information content (AvgIpc) is 2.71. The van der Waals surface area contributed by atoms with Crippen LogP contribution in [0.4, 0.5) is 0 Å². The van der Waals surface area contributed by atoms with Gasteiger partial charge in [-0.2, -0.15) is 5.10 Å². The third kappa shape index (κ3) is 1.72. The molecule has 94 valence electrons. The Morgan fingerprint density at radius 2 is 2.33 bits per heavy atom. The van der Waals surface area contributed by atoms with E-state index in [0.29, 0.717) is 24.3 Å². The van der Waals surface area contributed by atoms with E-state index in [1.807, 2.05) is 16.9 Å². The van der Waals surface area contributed by atoms with Gasteiger partial charge in [0.1, 0.15) is 5.52 Å². The highest BCUT2D eigenvalue weighted by Gasteiger charge is 2.23. The molecule has 6 heteroatoms. The third-order valence-corrected chi connectivity index (χ3v) is 3.73. The molecule has 0 bridgehead atoms. The summed E-state index contributed by atoms with van der Waals surface area (Å²) in [5.74, 6) is -0.373. The molecule has 0 atom stereocenters. The molecule has 1 aliphatic heterocycles. The first-order chi connectivity index (χ1) is 8.70. The second kappa shape index (κ2) is 4.37. The average molecular weight is 311 g/mol. The number of esters is 1. The smallest absolute Gasteiger partial charge is 0.340 e. The van der Waals surface area contributed by atoms with Crippen LogP contribution in [0.5, 0.6) is 0 Å². The lowest BCUT2D eigenvalue weighted by Crippen LogP contribution is -2.30. The number of methoxy groups -OCH3 is 1. The van der Waals surface area contributed by atoms with Crippen LogP contribution in [0.2, 0.25) is 0 Å². The van der Waals surface area contributed by atoms with Gasteiger partial charge in [-0.15, -0.1) is 0 Å². The molecule has 1 aliphatic rings. The molecule has 0 aliphatic carbocycles. The van der Waals surface area contributed by atoms with E-state index in [9.17, 15) is 4.79 Å². The second-order valence-corrected chi connectivity index (χ2v) is 5.00. The summed E-state index contributed by atoms with van der Waals surface area (Å²) in [5, 5.41) is 5.38. The number of carbonyl (C=O) groups is 1. The molecule has 2 heterocycles. The number of ether oxygens (including phenoxy) is 2. The predicted molar refractivity (Wildman–Crippen MR) is 68.6 cm³/mol. The van der Waals surface area contributed by atoms with Crippen molar-refractivity contribution in [2.24, 2.45) is 0 Å². The zero-order chi connectivity index (χ0) is 12.7. The van der Waals surface area contributed by atoms with Crippen molar-refractivity contribution in [3.63, 3.8) is 0 Å². The van der Waals surface area contributed by atoms with E-state index in [0.717, 1.165) is 9.86 Å². The van der Waals surface area contributed by atoms with E-state index in [1.54, 1.807) is 6.07 Å². The number of hydrogen-bond donors (Lipinski definition) is 0. The van der Waals surface area contributed by atoms with Crippen molar-refractivity contribution < 1.29 is 14.3 Å². The molecule has 2 aromatic rings. The van der Waals surface area contributed by atoms with E-state index in [4.69, 9.17) is 9.47 Å². The van der Waals surface area contributed by atoms with Gasteiger partial charge in [-0.25, -0.2) is 4.79 Å². The van der Waals surface area contributed by atoms with Gasteiger partial charge in [0.05, 0.1) is 31.9 Å². The number of hydrogen-bond acceptors (Lipinski definition) is 4. The lowest BCUT2D eigenvalue weighted by molar-refractivity contribution is -0.0283. The number of fused-ring (bicyclic) bond motifs is 1. The highest BCUT2D eigenvalue weighted by Crippen LogP contribution is 2.28. The molecule has 3 rings (SSSR count). The summed E-state index contributed by atoms with van der Waals surface area (Å²) in [6.07, 6.45) is 1.93. The minimum atomic E-state index is -0.373. The van der Waals surface area contributed by atoms with Crippen LogP contribution < -0.4 is 0 Å². The van der Waals surface area contributed by atoms with Crippen molar-refractivity contribution in [3.05, 3.63) is 28.4 Å².